The smallest absolute Gasteiger partial charge is 0.191 e. The minimum absolute atomic E-state index is 0. The van der Waals surface area contributed by atoms with Gasteiger partial charge >= 0.3 is 0 Å². The average molecular weight is 502 g/mol. The molecule has 28 heavy (non-hydrogen) atoms. The number of halogens is 1. The van der Waals surface area contributed by atoms with Crippen LogP contribution in [-0.4, -0.2) is 65.6 Å². The Morgan fingerprint density at radius 2 is 2.32 bits per heavy atom. The second-order valence-corrected chi connectivity index (χ2v) is 6.77. The summed E-state index contributed by atoms with van der Waals surface area (Å²) in [5.74, 6) is 1.79. The van der Waals surface area contributed by atoms with Gasteiger partial charge in [-0.05, 0) is 38.8 Å². The number of nitrogens with one attached hydrogen (secondary N) is 2. The molecule has 1 aliphatic rings. The molecule has 3 heterocycles. The van der Waals surface area contributed by atoms with Crippen LogP contribution in [0.4, 0.5) is 0 Å². The van der Waals surface area contributed by atoms with E-state index in [1.807, 2.05) is 28.8 Å². The Morgan fingerprint density at radius 1 is 1.43 bits per heavy atom. The molecule has 2 unspecified atom stereocenters. The van der Waals surface area contributed by atoms with Crippen molar-refractivity contribution in [1.82, 2.24) is 25.2 Å². The van der Waals surface area contributed by atoms with E-state index in [4.69, 9.17) is 9.47 Å². The zero-order chi connectivity index (χ0) is 18.9. The number of rotatable bonds is 9. The lowest BCUT2D eigenvalue weighted by Crippen LogP contribution is -2.44. The van der Waals surface area contributed by atoms with E-state index in [0.29, 0.717) is 13.2 Å². The summed E-state index contributed by atoms with van der Waals surface area (Å²) < 4.78 is 13.2. The van der Waals surface area contributed by atoms with Gasteiger partial charge in [-0.3, -0.25) is 9.39 Å². The van der Waals surface area contributed by atoms with Crippen molar-refractivity contribution in [2.24, 2.45) is 4.99 Å². The van der Waals surface area contributed by atoms with Gasteiger partial charge in [0.15, 0.2) is 11.6 Å². The summed E-state index contributed by atoms with van der Waals surface area (Å²) in [7, 11) is 0. The van der Waals surface area contributed by atoms with Gasteiger partial charge in [0.05, 0.1) is 19.3 Å². The lowest BCUT2D eigenvalue weighted by molar-refractivity contribution is 0.0347. The first-order valence-corrected chi connectivity index (χ1v) is 9.79. The molecular weight excluding hydrogens is 471 g/mol. The lowest BCUT2D eigenvalue weighted by atomic mass is 10.3. The van der Waals surface area contributed by atoms with Crippen LogP contribution in [0.1, 0.15) is 32.5 Å². The summed E-state index contributed by atoms with van der Waals surface area (Å²) >= 11 is 0. The van der Waals surface area contributed by atoms with Crippen LogP contribution in [0.15, 0.2) is 29.4 Å². The molecule has 1 saturated heterocycles. The average Bonchev–Trinajstić information content (AvgIpc) is 3.34. The summed E-state index contributed by atoms with van der Waals surface area (Å²) in [5.41, 5.74) is 0.882. The third kappa shape index (κ3) is 6.85. The minimum Gasteiger partial charge on any atom is -0.379 e. The van der Waals surface area contributed by atoms with Crippen LogP contribution < -0.4 is 10.6 Å². The van der Waals surface area contributed by atoms with E-state index in [9.17, 15) is 0 Å². The van der Waals surface area contributed by atoms with Crippen molar-refractivity contribution in [3.05, 3.63) is 30.2 Å². The fourth-order valence-electron chi connectivity index (χ4n) is 3.01. The Balaban J connectivity index is 0.00000280. The second kappa shape index (κ2) is 12.2. The zero-order valence-corrected chi connectivity index (χ0v) is 19.0. The molecule has 3 rings (SSSR count). The first-order chi connectivity index (χ1) is 13.3. The first kappa shape index (κ1) is 22.8. The fraction of sp³-hybridized carbons (Fsp3) is 0.632. The quantitative estimate of drug-likeness (QED) is 0.236. The molecule has 2 aromatic rings. The second-order valence-electron chi connectivity index (χ2n) is 6.77. The molecule has 9 heteroatoms. The fourth-order valence-corrected chi connectivity index (χ4v) is 3.01. The largest absolute Gasteiger partial charge is 0.379 e. The van der Waals surface area contributed by atoms with Gasteiger partial charge in [0.2, 0.25) is 0 Å². The molecule has 2 N–H and O–H groups in total. The molecule has 2 aromatic heterocycles. The van der Waals surface area contributed by atoms with Crippen LogP contribution >= 0.6 is 24.0 Å². The number of ether oxygens (including phenoxy) is 2. The van der Waals surface area contributed by atoms with Crippen molar-refractivity contribution in [3.8, 4) is 0 Å². The Hall–Kier alpha value is -1.46. The summed E-state index contributed by atoms with van der Waals surface area (Å²) in [6, 6.07) is 6.11. The van der Waals surface area contributed by atoms with Gasteiger partial charge in [0.1, 0.15) is 5.82 Å². The summed E-state index contributed by atoms with van der Waals surface area (Å²) in [6.07, 6.45) is 4.96. The van der Waals surface area contributed by atoms with Crippen molar-refractivity contribution < 1.29 is 9.47 Å². The van der Waals surface area contributed by atoms with Crippen LogP contribution in [-0.2, 0) is 15.9 Å². The first-order valence-electron chi connectivity index (χ1n) is 9.79. The number of fused-ring (bicyclic) bond motifs is 1. The number of aryl methyl sites for hydroxylation is 1. The lowest BCUT2D eigenvalue weighted by Gasteiger charge is -2.19. The zero-order valence-electron chi connectivity index (χ0n) is 16.6. The highest BCUT2D eigenvalue weighted by atomic mass is 127. The van der Waals surface area contributed by atoms with Gasteiger partial charge in [-0.25, -0.2) is 0 Å². The van der Waals surface area contributed by atoms with Crippen molar-refractivity contribution in [2.45, 2.75) is 45.3 Å². The topological polar surface area (TPSA) is 85.1 Å². The standard InChI is InChI=1S/C19H30N6O2.HI/c1-3-20-19(22-15(2)13-27-16-9-12-26-14-16)21-10-6-8-18-24-23-17-7-4-5-11-25(17)18;/h4-5,7,11,15-16H,3,6,8-10,12-14H2,1-2H3,(H2,20,21,22);1H. The van der Waals surface area contributed by atoms with Crippen LogP contribution in [0.5, 0.6) is 0 Å². The maximum absolute atomic E-state index is 5.87. The van der Waals surface area contributed by atoms with Crippen molar-refractivity contribution in [1.29, 1.82) is 0 Å². The summed E-state index contributed by atoms with van der Waals surface area (Å²) in [6.45, 7) is 7.87. The molecule has 0 aromatic carbocycles. The summed E-state index contributed by atoms with van der Waals surface area (Å²) in [5, 5.41) is 15.1. The molecule has 2 atom stereocenters. The third-order valence-corrected chi connectivity index (χ3v) is 4.41. The number of pyridine rings is 1. The van der Waals surface area contributed by atoms with Crippen LogP contribution in [0.3, 0.4) is 0 Å². The van der Waals surface area contributed by atoms with Crippen molar-refractivity contribution >= 4 is 35.6 Å². The molecule has 0 aliphatic carbocycles. The maximum atomic E-state index is 5.87. The maximum Gasteiger partial charge on any atom is 0.191 e. The molecule has 1 aliphatic heterocycles. The van der Waals surface area contributed by atoms with E-state index < -0.39 is 0 Å². The van der Waals surface area contributed by atoms with Crippen LogP contribution in [0.2, 0.25) is 0 Å². The van der Waals surface area contributed by atoms with Crippen LogP contribution in [0, 0.1) is 0 Å². The van der Waals surface area contributed by atoms with Gasteiger partial charge in [0.25, 0.3) is 0 Å². The van der Waals surface area contributed by atoms with Gasteiger partial charge in [0, 0.05) is 38.4 Å². The van der Waals surface area contributed by atoms with Gasteiger partial charge in [-0.2, -0.15) is 0 Å². The van der Waals surface area contributed by atoms with Gasteiger partial charge in [-0.1, -0.05) is 6.07 Å². The van der Waals surface area contributed by atoms with Gasteiger partial charge < -0.3 is 20.1 Å². The molecule has 0 radical (unpaired) electrons. The molecule has 0 saturated carbocycles. The SMILES string of the molecule is CCNC(=NCCCc1nnc2ccccn12)NC(C)COC1CCOC1.I. The number of guanidine groups is 1. The molecule has 1 fully saturated rings. The van der Waals surface area contributed by atoms with E-state index in [0.717, 1.165) is 56.4 Å². The molecule has 0 bridgehead atoms. The highest BCUT2D eigenvalue weighted by Crippen LogP contribution is 2.08. The predicted molar refractivity (Wildman–Crippen MR) is 120 cm³/mol. The number of hydrogen-bond acceptors (Lipinski definition) is 5. The van der Waals surface area contributed by atoms with Gasteiger partial charge in [-0.15, -0.1) is 34.2 Å². The normalized spacial score (nSPS) is 18.1. The minimum atomic E-state index is 0. The third-order valence-electron chi connectivity index (χ3n) is 4.41. The molecule has 156 valence electrons. The molecule has 0 amide bonds. The van der Waals surface area contributed by atoms with E-state index in [1.165, 1.54) is 0 Å². The Morgan fingerprint density at radius 3 is 3.11 bits per heavy atom. The monoisotopic (exact) mass is 502 g/mol. The Kier molecular flexibility index (Phi) is 9.93. The molecule has 8 nitrogen and oxygen atoms in total. The Labute approximate surface area is 183 Å². The Bertz CT molecular complexity index is 732. The number of aromatic nitrogens is 3. The molecule has 0 spiro atoms. The van der Waals surface area contributed by atoms with E-state index in [-0.39, 0.29) is 36.1 Å². The van der Waals surface area contributed by atoms with E-state index in [2.05, 4.69) is 39.7 Å². The van der Waals surface area contributed by atoms with Crippen molar-refractivity contribution in [2.75, 3.05) is 32.9 Å². The van der Waals surface area contributed by atoms with Crippen molar-refractivity contribution in [3.63, 3.8) is 0 Å². The van der Waals surface area contributed by atoms with E-state index in [1.54, 1.807) is 0 Å². The summed E-state index contributed by atoms with van der Waals surface area (Å²) in [4.78, 5) is 4.67. The highest BCUT2D eigenvalue weighted by Gasteiger charge is 2.17. The highest BCUT2D eigenvalue weighted by molar-refractivity contribution is 14.0. The number of aliphatic imine (C=N–C) groups is 1. The van der Waals surface area contributed by atoms with E-state index >= 15 is 0 Å². The number of nitrogens with zero attached hydrogens (tertiary/aromatic N) is 4. The molecular formula is C19H31IN6O2. The van der Waals surface area contributed by atoms with Crippen LogP contribution in [0.25, 0.3) is 5.65 Å². The number of hydrogen-bond donors (Lipinski definition) is 2. The predicted octanol–water partition coefficient (Wildman–Crippen LogP) is 2.03.